The van der Waals surface area contributed by atoms with Gasteiger partial charge in [-0.15, -0.1) is 0 Å². The highest BCUT2D eigenvalue weighted by Crippen LogP contribution is 2.38. The number of aromatic hydroxyl groups is 1. The van der Waals surface area contributed by atoms with Gasteiger partial charge < -0.3 is 14.8 Å². The number of nitrogens with one attached hydrogen (secondary N) is 1. The van der Waals surface area contributed by atoms with Crippen LogP contribution in [0.1, 0.15) is 44.0 Å². The number of phenols is 1. The van der Waals surface area contributed by atoms with Gasteiger partial charge in [-0.2, -0.15) is 0 Å². The standard InChI is InChI=1S/C30H22N2O4/c33-20-12-9-18(10-13-20)15-19-11-14-23-28(22-6-2-4-8-26(22)32-29(19)23)30(35)36-17-27(34)24-16-31-25-7-3-1-5-21(24)25/h1-10,12-13,15-16,31,33H,11,14,17H2/b19-15-. The van der Waals surface area contributed by atoms with Crippen LogP contribution in [-0.4, -0.2) is 33.4 Å². The molecule has 0 saturated heterocycles. The molecule has 36 heavy (non-hydrogen) atoms. The van der Waals surface area contributed by atoms with Gasteiger partial charge in [0.25, 0.3) is 0 Å². The molecule has 0 spiro atoms. The number of aromatic nitrogens is 2. The van der Waals surface area contributed by atoms with Crippen LogP contribution in [0.3, 0.4) is 0 Å². The van der Waals surface area contributed by atoms with E-state index in [1.54, 1.807) is 18.3 Å². The molecule has 6 rings (SSSR count). The number of aromatic amines is 1. The molecule has 0 atom stereocenters. The number of ketones is 1. The molecule has 6 heteroatoms. The van der Waals surface area contributed by atoms with E-state index in [2.05, 4.69) is 4.98 Å². The summed E-state index contributed by atoms with van der Waals surface area (Å²) in [6.45, 7) is -0.345. The van der Waals surface area contributed by atoms with E-state index in [1.807, 2.05) is 66.7 Å². The van der Waals surface area contributed by atoms with Crippen molar-refractivity contribution in [1.29, 1.82) is 0 Å². The van der Waals surface area contributed by atoms with Crippen molar-refractivity contribution in [3.8, 4) is 5.75 Å². The van der Waals surface area contributed by atoms with Crippen LogP contribution in [0.2, 0.25) is 0 Å². The highest BCUT2D eigenvalue weighted by Gasteiger charge is 2.28. The average molecular weight is 475 g/mol. The van der Waals surface area contributed by atoms with Gasteiger partial charge in [-0.1, -0.05) is 48.5 Å². The maximum atomic E-state index is 13.4. The fourth-order valence-electron chi connectivity index (χ4n) is 4.87. The molecule has 0 unspecified atom stereocenters. The van der Waals surface area contributed by atoms with E-state index in [0.717, 1.165) is 39.7 Å². The van der Waals surface area contributed by atoms with Crippen LogP contribution in [-0.2, 0) is 11.2 Å². The Morgan fingerprint density at radius 2 is 1.69 bits per heavy atom. The summed E-state index contributed by atoms with van der Waals surface area (Å²) in [5.74, 6) is -0.576. The number of esters is 1. The smallest absolute Gasteiger partial charge is 0.339 e. The number of H-pyrrole nitrogens is 1. The number of hydrogen-bond acceptors (Lipinski definition) is 5. The summed E-state index contributed by atoms with van der Waals surface area (Å²) in [5, 5.41) is 11.1. The summed E-state index contributed by atoms with van der Waals surface area (Å²) in [7, 11) is 0. The molecule has 1 aliphatic rings. The van der Waals surface area contributed by atoms with Crippen LogP contribution >= 0.6 is 0 Å². The largest absolute Gasteiger partial charge is 0.508 e. The number of Topliss-reactive ketones (excluding diaryl/α,β-unsaturated/α-hetero) is 1. The molecule has 2 N–H and O–H groups in total. The normalized spacial score (nSPS) is 13.8. The highest BCUT2D eigenvalue weighted by molar-refractivity contribution is 6.11. The predicted octanol–water partition coefficient (Wildman–Crippen LogP) is 5.95. The lowest BCUT2D eigenvalue weighted by Gasteiger charge is -2.12. The molecule has 0 amide bonds. The molecule has 0 fully saturated rings. The number of allylic oxidation sites excluding steroid dienone is 1. The minimum Gasteiger partial charge on any atom is -0.508 e. The second-order valence-electron chi connectivity index (χ2n) is 8.84. The average Bonchev–Trinajstić information content (AvgIpc) is 3.51. The number of para-hydroxylation sites is 2. The number of carbonyl (C=O) groups excluding carboxylic acids is 2. The number of carbonyl (C=O) groups is 2. The first-order chi connectivity index (χ1) is 17.6. The van der Waals surface area contributed by atoms with Gasteiger partial charge in [0.2, 0.25) is 5.78 Å². The third-order valence-corrected chi connectivity index (χ3v) is 6.60. The molecule has 3 aromatic carbocycles. The quantitative estimate of drug-likeness (QED) is 0.243. The summed E-state index contributed by atoms with van der Waals surface area (Å²) in [6.07, 6.45) is 5.06. The Kier molecular flexibility index (Phi) is 5.34. The van der Waals surface area contributed by atoms with Crippen LogP contribution in [0.5, 0.6) is 5.75 Å². The molecule has 2 aromatic heterocycles. The van der Waals surface area contributed by atoms with E-state index < -0.39 is 5.97 Å². The van der Waals surface area contributed by atoms with Gasteiger partial charge in [0, 0.05) is 28.0 Å². The topological polar surface area (TPSA) is 92.3 Å². The first-order valence-electron chi connectivity index (χ1n) is 11.8. The van der Waals surface area contributed by atoms with Crippen molar-refractivity contribution in [2.24, 2.45) is 0 Å². The minimum absolute atomic E-state index is 0.209. The van der Waals surface area contributed by atoms with Gasteiger partial charge in [-0.25, -0.2) is 9.78 Å². The second kappa shape index (κ2) is 8.82. The predicted molar refractivity (Wildman–Crippen MR) is 139 cm³/mol. The molecule has 5 aromatic rings. The Bertz CT molecular complexity index is 1680. The van der Waals surface area contributed by atoms with Gasteiger partial charge in [-0.05, 0) is 59.9 Å². The number of hydrogen-bond donors (Lipinski definition) is 2. The Balaban J connectivity index is 1.34. The van der Waals surface area contributed by atoms with E-state index in [0.29, 0.717) is 28.5 Å². The van der Waals surface area contributed by atoms with E-state index in [9.17, 15) is 14.7 Å². The number of pyridine rings is 1. The fraction of sp³-hybridized carbons (Fsp3) is 0.100. The Labute approximate surface area is 206 Å². The molecule has 6 nitrogen and oxygen atoms in total. The van der Waals surface area contributed by atoms with Crippen LogP contribution in [0.15, 0.2) is 79.0 Å². The Morgan fingerprint density at radius 1 is 0.944 bits per heavy atom. The first kappa shape index (κ1) is 21.8. The molecular formula is C30H22N2O4. The van der Waals surface area contributed by atoms with Gasteiger partial charge in [-0.3, -0.25) is 4.79 Å². The van der Waals surface area contributed by atoms with Gasteiger partial charge >= 0.3 is 5.97 Å². The number of benzene rings is 3. The summed E-state index contributed by atoms with van der Waals surface area (Å²) < 4.78 is 5.59. The zero-order chi connectivity index (χ0) is 24.6. The monoisotopic (exact) mass is 474 g/mol. The van der Waals surface area contributed by atoms with E-state index in [4.69, 9.17) is 9.72 Å². The molecule has 176 valence electrons. The van der Waals surface area contributed by atoms with Crippen LogP contribution < -0.4 is 0 Å². The molecule has 1 aliphatic carbocycles. The van der Waals surface area contributed by atoms with Crippen molar-refractivity contribution in [2.45, 2.75) is 12.8 Å². The molecule has 0 saturated carbocycles. The number of rotatable bonds is 5. The summed E-state index contributed by atoms with van der Waals surface area (Å²) >= 11 is 0. The number of phenolic OH excluding ortho intramolecular Hbond substituents is 1. The molecule has 0 aliphatic heterocycles. The maximum absolute atomic E-state index is 13.4. The van der Waals surface area contributed by atoms with Crippen molar-refractivity contribution >= 4 is 45.2 Å². The number of fused-ring (bicyclic) bond motifs is 3. The van der Waals surface area contributed by atoms with Crippen LogP contribution in [0, 0.1) is 0 Å². The fourth-order valence-corrected chi connectivity index (χ4v) is 4.87. The van der Waals surface area contributed by atoms with E-state index in [1.165, 1.54) is 0 Å². The molecule has 0 radical (unpaired) electrons. The van der Waals surface area contributed by atoms with Crippen molar-refractivity contribution in [2.75, 3.05) is 6.61 Å². The Morgan fingerprint density at radius 3 is 2.53 bits per heavy atom. The molecule has 2 heterocycles. The van der Waals surface area contributed by atoms with E-state index in [-0.39, 0.29) is 18.1 Å². The van der Waals surface area contributed by atoms with Gasteiger partial charge in [0.1, 0.15) is 5.75 Å². The van der Waals surface area contributed by atoms with Crippen molar-refractivity contribution in [3.63, 3.8) is 0 Å². The minimum atomic E-state index is -0.524. The highest BCUT2D eigenvalue weighted by atomic mass is 16.5. The third-order valence-electron chi connectivity index (χ3n) is 6.60. The zero-order valence-corrected chi connectivity index (χ0v) is 19.3. The van der Waals surface area contributed by atoms with Gasteiger partial charge in [0.05, 0.1) is 16.8 Å². The molecule has 0 bridgehead atoms. The van der Waals surface area contributed by atoms with Gasteiger partial charge in [0.15, 0.2) is 6.61 Å². The number of ether oxygens (including phenoxy) is 1. The zero-order valence-electron chi connectivity index (χ0n) is 19.3. The van der Waals surface area contributed by atoms with E-state index >= 15 is 0 Å². The summed E-state index contributed by atoms with van der Waals surface area (Å²) in [6, 6.07) is 22.0. The third kappa shape index (κ3) is 3.82. The summed E-state index contributed by atoms with van der Waals surface area (Å²) in [5.41, 5.74) is 6.10. The lowest BCUT2D eigenvalue weighted by molar-refractivity contribution is 0.0476. The van der Waals surface area contributed by atoms with Crippen molar-refractivity contribution in [1.82, 2.24) is 9.97 Å². The first-order valence-corrected chi connectivity index (χ1v) is 11.8. The molecular weight excluding hydrogens is 452 g/mol. The Hall–Kier alpha value is -4.71. The lowest BCUT2D eigenvalue weighted by atomic mass is 10.0. The second-order valence-corrected chi connectivity index (χ2v) is 8.84. The SMILES string of the molecule is O=C(OCC(=O)c1c[nH]c2ccccc12)c1c2c(nc3ccccc13)/C(=C\c1ccc(O)cc1)CC2. The summed E-state index contributed by atoms with van der Waals surface area (Å²) in [4.78, 5) is 34.2. The number of nitrogens with zero attached hydrogens (tertiary/aromatic N) is 1. The van der Waals surface area contributed by atoms with Crippen LogP contribution in [0.25, 0.3) is 33.5 Å². The maximum Gasteiger partial charge on any atom is 0.339 e. The van der Waals surface area contributed by atoms with Crippen molar-refractivity contribution in [3.05, 3.63) is 107 Å². The lowest BCUT2D eigenvalue weighted by Crippen LogP contribution is -2.16. The van der Waals surface area contributed by atoms with Crippen molar-refractivity contribution < 1.29 is 19.4 Å². The van der Waals surface area contributed by atoms with Crippen LogP contribution in [0.4, 0.5) is 0 Å².